The molecule has 0 bridgehead atoms. The third-order valence-corrected chi connectivity index (χ3v) is 5.58. The number of thiocarbonyl (C=S) groups is 1. The molecule has 0 unspecified atom stereocenters. The van der Waals surface area contributed by atoms with Crippen molar-refractivity contribution >= 4 is 52.9 Å². The molecule has 9 heteroatoms. The van der Waals surface area contributed by atoms with Crippen LogP contribution in [0.4, 0.5) is 11.4 Å². The van der Waals surface area contributed by atoms with Crippen LogP contribution >= 0.6 is 24.6 Å². The summed E-state index contributed by atoms with van der Waals surface area (Å²) >= 11 is 5.30. The third kappa shape index (κ3) is 7.52. The van der Waals surface area contributed by atoms with Gasteiger partial charge in [0.15, 0.2) is 5.11 Å². The van der Waals surface area contributed by atoms with Crippen molar-refractivity contribution in [2.45, 2.75) is 32.7 Å². The molecular formula is C27H31ClN4O3S. The molecule has 0 spiro atoms. The van der Waals surface area contributed by atoms with E-state index in [4.69, 9.17) is 22.7 Å². The van der Waals surface area contributed by atoms with Gasteiger partial charge in [-0.2, -0.15) is 0 Å². The van der Waals surface area contributed by atoms with Gasteiger partial charge in [0.25, 0.3) is 11.8 Å². The molecule has 7 nitrogen and oxygen atoms in total. The molecule has 0 aliphatic rings. The highest BCUT2D eigenvalue weighted by Gasteiger charge is 2.15. The Morgan fingerprint density at radius 3 is 2.22 bits per heavy atom. The number of methoxy groups -OCH3 is 1. The molecule has 0 fully saturated rings. The van der Waals surface area contributed by atoms with E-state index >= 15 is 0 Å². The van der Waals surface area contributed by atoms with Gasteiger partial charge in [-0.25, -0.2) is 0 Å². The molecule has 3 rings (SSSR count). The Morgan fingerprint density at radius 2 is 1.61 bits per heavy atom. The maximum Gasteiger partial charge on any atom is 0.257 e. The Morgan fingerprint density at radius 1 is 0.917 bits per heavy atom. The molecule has 3 aromatic carbocycles. The molecule has 0 atom stereocenters. The topological polar surface area (TPSA) is 105 Å². The molecule has 0 radical (unpaired) electrons. The largest absolute Gasteiger partial charge is 0.494 e. The number of ether oxygens (including phenoxy) is 1. The van der Waals surface area contributed by atoms with Gasteiger partial charge in [-0.3, -0.25) is 14.9 Å². The van der Waals surface area contributed by atoms with Crippen LogP contribution in [0.3, 0.4) is 0 Å². The quantitative estimate of drug-likeness (QED) is 0.327. The zero-order chi connectivity index (χ0) is 25.6. The van der Waals surface area contributed by atoms with Crippen LogP contribution in [0.2, 0.25) is 0 Å². The van der Waals surface area contributed by atoms with E-state index in [0.29, 0.717) is 34.8 Å². The molecule has 0 saturated heterocycles. The minimum absolute atomic E-state index is 0. The molecule has 0 heterocycles. The van der Waals surface area contributed by atoms with Gasteiger partial charge in [0.2, 0.25) is 0 Å². The summed E-state index contributed by atoms with van der Waals surface area (Å²) in [5.74, 6) is -0.150. The second-order valence-corrected chi connectivity index (χ2v) is 9.42. The predicted molar refractivity (Wildman–Crippen MR) is 151 cm³/mol. The van der Waals surface area contributed by atoms with Crippen LogP contribution in [0.5, 0.6) is 5.75 Å². The minimum atomic E-state index is -0.307. The normalized spacial score (nSPS) is 10.6. The van der Waals surface area contributed by atoms with Crippen molar-refractivity contribution in [3.63, 3.8) is 0 Å². The van der Waals surface area contributed by atoms with Gasteiger partial charge in [0, 0.05) is 29.4 Å². The number of amides is 2. The molecule has 2 amide bonds. The van der Waals surface area contributed by atoms with Crippen LogP contribution in [0, 0.1) is 0 Å². The number of rotatable bonds is 6. The monoisotopic (exact) mass is 526 g/mol. The van der Waals surface area contributed by atoms with Gasteiger partial charge in [-0.15, -0.1) is 12.4 Å². The molecular weight excluding hydrogens is 496 g/mol. The molecule has 190 valence electrons. The molecule has 0 saturated carbocycles. The Labute approximate surface area is 223 Å². The summed E-state index contributed by atoms with van der Waals surface area (Å²) in [4.78, 5) is 25.2. The number of halogens is 1. The Balaban J connectivity index is 0.00000456. The standard InChI is InChI=1S/C27H30N4O3S.ClH/c1-27(2,3)20-10-8-18(9-11-20)24(32)31-26(35)29-21-12-13-22(23(15-21)34-4)30-25(33)19-7-5-6-17(14-19)16-28;/h5-15H,16,28H2,1-4H3,(H,30,33)(H2,29,31,32,35);1H. The van der Waals surface area contributed by atoms with E-state index in [9.17, 15) is 9.59 Å². The highest BCUT2D eigenvalue weighted by atomic mass is 35.5. The highest BCUT2D eigenvalue weighted by Crippen LogP contribution is 2.28. The van der Waals surface area contributed by atoms with Crippen LogP contribution in [0.25, 0.3) is 0 Å². The van der Waals surface area contributed by atoms with Gasteiger partial charge in [-0.1, -0.05) is 45.0 Å². The van der Waals surface area contributed by atoms with Crippen LogP contribution in [-0.2, 0) is 12.0 Å². The average Bonchev–Trinajstić information content (AvgIpc) is 2.84. The van der Waals surface area contributed by atoms with E-state index in [2.05, 4.69) is 36.7 Å². The fraction of sp³-hybridized carbons (Fsp3) is 0.222. The maximum atomic E-state index is 12.7. The highest BCUT2D eigenvalue weighted by molar-refractivity contribution is 7.80. The number of carbonyl (C=O) groups excluding carboxylic acids is 2. The van der Waals surface area contributed by atoms with E-state index < -0.39 is 0 Å². The van der Waals surface area contributed by atoms with Crippen LogP contribution in [-0.4, -0.2) is 24.0 Å². The van der Waals surface area contributed by atoms with Crippen molar-refractivity contribution in [3.05, 3.63) is 89.0 Å². The second-order valence-electron chi connectivity index (χ2n) is 9.01. The van der Waals surface area contributed by atoms with E-state index in [1.54, 1.807) is 48.5 Å². The average molecular weight is 527 g/mol. The first kappa shape index (κ1) is 28.8. The SMILES string of the molecule is COc1cc(NC(=S)NC(=O)c2ccc(C(C)(C)C)cc2)ccc1NC(=O)c1cccc(CN)c1.Cl. The number of benzene rings is 3. The lowest BCUT2D eigenvalue weighted by atomic mass is 9.87. The maximum absolute atomic E-state index is 12.7. The number of nitrogens with one attached hydrogen (secondary N) is 3. The van der Waals surface area contributed by atoms with Gasteiger partial charge in [0.1, 0.15) is 5.75 Å². The lowest BCUT2D eigenvalue weighted by Crippen LogP contribution is -2.34. The lowest BCUT2D eigenvalue weighted by molar-refractivity contribution is 0.0976. The fourth-order valence-corrected chi connectivity index (χ4v) is 3.58. The van der Waals surface area contributed by atoms with Crippen molar-refractivity contribution in [1.82, 2.24) is 5.32 Å². The van der Waals surface area contributed by atoms with E-state index in [0.717, 1.165) is 11.1 Å². The van der Waals surface area contributed by atoms with Crippen molar-refractivity contribution in [2.24, 2.45) is 5.73 Å². The summed E-state index contributed by atoms with van der Waals surface area (Å²) in [6.45, 7) is 6.70. The third-order valence-electron chi connectivity index (χ3n) is 5.37. The van der Waals surface area contributed by atoms with Gasteiger partial charge >= 0.3 is 0 Å². The van der Waals surface area contributed by atoms with Gasteiger partial charge < -0.3 is 21.1 Å². The summed E-state index contributed by atoms with van der Waals surface area (Å²) in [7, 11) is 1.51. The van der Waals surface area contributed by atoms with Crippen LogP contribution in [0.15, 0.2) is 66.7 Å². The summed E-state index contributed by atoms with van der Waals surface area (Å²) in [5.41, 5.74) is 9.77. The van der Waals surface area contributed by atoms with Crippen molar-refractivity contribution in [1.29, 1.82) is 0 Å². The van der Waals surface area contributed by atoms with Crippen molar-refractivity contribution < 1.29 is 14.3 Å². The van der Waals surface area contributed by atoms with Gasteiger partial charge in [0.05, 0.1) is 12.8 Å². The first-order chi connectivity index (χ1) is 16.6. The zero-order valence-electron chi connectivity index (χ0n) is 20.7. The van der Waals surface area contributed by atoms with Crippen LogP contribution < -0.4 is 26.4 Å². The Bertz CT molecular complexity index is 1240. The summed E-state index contributed by atoms with van der Waals surface area (Å²) in [6.07, 6.45) is 0. The van der Waals surface area contributed by atoms with E-state index in [1.807, 2.05) is 18.2 Å². The number of nitrogens with two attached hydrogens (primary N) is 1. The molecule has 5 N–H and O–H groups in total. The number of carbonyl (C=O) groups is 2. The zero-order valence-corrected chi connectivity index (χ0v) is 22.3. The number of anilines is 2. The van der Waals surface area contributed by atoms with Crippen LogP contribution in [0.1, 0.15) is 52.6 Å². The summed E-state index contributed by atoms with van der Waals surface area (Å²) in [6, 6.07) is 19.7. The summed E-state index contributed by atoms with van der Waals surface area (Å²) < 4.78 is 5.43. The molecule has 36 heavy (non-hydrogen) atoms. The predicted octanol–water partition coefficient (Wildman–Crippen LogP) is 5.25. The first-order valence-corrected chi connectivity index (χ1v) is 11.5. The van der Waals surface area contributed by atoms with Crippen molar-refractivity contribution in [2.75, 3.05) is 17.7 Å². The fourth-order valence-electron chi connectivity index (χ4n) is 3.37. The first-order valence-electron chi connectivity index (χ1n) is 11.1. The lowest BCUT2D eigenvalue weighted by Gasteiger charge is -2.19. The molecule has 0 aromatic heterocycles. The Hall–Kier alpha value is -3.46. The van der Waals surface area contributed by atoms with E-state index in [-0.39, 0.29) is 34.7 Å². The Kier molecular flexibility index (Phi) is 9.98. The summed E-state index contributed by atoms with van der Waals surface area (Å²) in [5, 5.41) is 8.64. The molecule has 3 aromatic rings. The van der Waals surface area contributed by atoms with E-state index in [1.165, 1.54) is 7.11 Å². The number of hydrogen-bond donors (Lipinski definition) is 4. The number of hydrogen-bond acceptors (Lipinski definition) is 5. The smallest absolute Gasteiger partial charge is 0.257 e. The minimum Gasteiger partial charge on any atom is -0.494 e. The molecule has 0 aliphatic carbocycles. The molecule has 0 aliphatic heterocycles. The van der Waals surface area contributed by atoms with Crippen molar-refractivity contribution in [3.8, 4) is 5.75 Å². The van der Waals surface area contributed by atoms with Gasteiger partial charge in [-0.05, 0) is 65.2 Å². The second kappa shape index (κ2) is 12.5.